The number of hydrogen-bond acceptors (Lipinski definition) is 2. The van der Waals surface area contributed by atoms with E-state index in [1.807, 2.05) is 0 Å². The summed E-state index contributed by atoms with van der Waals surface area (Å²) in [5.74, 6) is 0. The fourth-order valence-corrected chi connectivity index (χ4v) is 0.416. The molecule has 0 saturated heterocycles. The predicted octanol–water partition coefficient (Wildman–Crippen LogP) is 1.93. The van der Waals surface area contributed by atoms with Crippen LogP contribution in [0.2, 0.25) is 0 Å². The van der Waals surface area contributed by atoms with Crippen molar-refractivity contribution in [1.82, 2.24) is 0 Å². The van der Waals surface area contributed by atoms with Crippen LogP contribution in [0.25, 0.3) is 0 Å². The average Bonchev–Trinajstić information content (AvgIpc) is 2.03. The van der Waals surface area contributed by atoms with Crippen LogP contribution in [0.1, 0.15) is 0 Å². The molecule has 0 radical (unpaired) electrons. The van der Waals surface area contributed by atoms with Crippen LogP contribution in [0.15, 0.2) is 48.8 Å². The van der Waals surface area contributed by atoms with Gasteiger partial charge in [-0.05, 0) is 12.2 Å². The Morgan fingerprint density at radius 1 is 0.727 bits per heavy atom. The molecule has 58 valence electrons. The van der Waals surface area contributed by atoms with Gasteiger partial charge in [0.2, 0.25) is 0 Å². The van der Waals surface area contributed by atoms with Crippen molar-refractivity contribution in [3.8, 4) is 0 Å². The van der Waals surface area contributed by atoms with E-state index in [4.69, 9.17) is 5.11 Å². The molecule has 11 heavy (non-hydrogen) atoms. The second-order valence-electron chi connectivity index (χ2n) is 1.63. The molecule has 0 aromatic heterocycles. The standard InChI is InChI=1S/C9H10O2/c10-8-6-4-2-1-3-5-7-9-11/h1-10H/b3-1+,4-2+,7-5+,8-6+. The second kappa shape index (κ2) is 8.43. The summed E-state index contributed by atoms with van der Waals surface area (Å²) in [5, 5.41) is 8.19. The quantitative estimate of drug-likeness (QED) is 0.288. The van der Waals surface area contributed by atoms with Crippen molar-refractivity contribution in [1.29, 1.82) is 0 Å². The van der Waals surface area contributed by atoms with E-state index >= 15 is 0 Å². The second-order valence-corrected chi connectivity index (χ2v) is 1.63. The zero-order valence-corrected chi connectivity index (χ0v) is 6.05. The first kappa shape index (κ1) is 9.43. The molecule has 0 saturated carbocycles. The Kier molecular flexibility index (Phi) is 7.23. The Morgan fingerprint density at radius 3 is 1.64 bits per heavy atom. The third-order valence-electron chi connectivity index (χ3n) is 0.831. The SMILES string of the molecule is O=C/C=C/C=C/C=C/C=C/O. The maximum absolute atomic E-state index is 9.76. The lowest BCUT2D eigenvalue weighted by molar-refractivity contribution is -0.104. The molecular weight excluding hydrogens is 140 g/mol. The van der Waals surface area contributed by atoms with Crippen molar-refractivity contribution in [3.63, 3.8) is 0 Å². The van der Waals surface area contributed by atoms with E-state index in [2.05, 4.69) is 0 Å². The van der Waals surface area contributed by atoms with Gasteiger partial charge in [-0.15, -0.1) is 0 Å². The van der Waals surface area contributed by atoms with Crippen LogP contribution in [0.3, 0.4) is 0 Å². The average molecular weight is 150 g/mol. The molecule has 2 nitrogen and oxygen atoms in total. The van der Waals surface area contributed by atoms with Crippen molar-refractivity contribution in [2.24, 2.45) is 0 Å². The highest BCUT2D eigenvalue weighted by molar-refractivity contribution is 5.65. The van der Waals surface area contributed by atoms with Crippen LogP contribution >= 0.6 is 0 Å². The van der Waals surface area contributed by atoms with Gasteiger partial charge in [0.15, 0.2) is 0 Å². The number of carbonyl (C=O) groups is 1. The van der Waals surface area contributed by atoms with Crippen LogP contribution in [0.4, 0.5) is 0 Å². The van der Waals surface area contributed by atoms with E-state index in [9.17, 15) is 4.79 Å². The molecule has 0 amide bonds. The van der Waals surface area contributed by atoms with Crippen LogP contribution < -0.4 is 0 Å². The van der Waals surface area contributed by atoms with Crippen LogP contribution in [0.5, 0.6) is 0 Å². The van der Waals surface area contributed by atoms with E-state index in [1.54, 1.807) is 30.4 Å². The summed E-state index contributed by atoms with van der Waals surface area (Å²) in [6, 6.07) is 0. The van der Waals surface area contributed by atoms with Gasteiger partial charge in [-0.1, -0.05) is 30.4 Å². The Labute approximate surface area is 65.9 Å². The van der Waals surface area contributed by atoms with Crippen LogP contribution in [-0.4, -0.2) is 11.4 Å². The first-order valence-electron chi connectivity index (χ1n) is 3.16. The Morgan fingerprint density at radius 2 is 1.18 bits per heavy atom. The number of carbonyl (C=O) groups excluding carboxylic acids is 1. The van der Waals surface area contributed by atoms with Gasteiger partial charge >= 0.3 is 0 Å². The number of aldehydes is 1. The van der Waals surface area contributed by atoms with E-state index in [0.29, 0.717) is 6.29 Å². The van der Waals surface area contributed by atoms with Gasteiger partial charge in [0.25, 0.3) is 0 Å². The highest BCUT2D eigenvalue weighted by Gasteiger charge is 1.61. The fourth-order valence-electron chi connectivity index (χ4n) is 0.416. The molecule has 2 heteroatoms. The summed E-state index contributed by atoms with van der Waals surface area (Å²) in [6.07, 6.45) is 13.1. The number of allylic oxidation sites excluding steroid dienone is 7. The minimum Gasteiger partial charge on any atom is -0.516 e. The van der Waals surface area contributed by atoms with Gasteiger partial charge in [-0.3, -0.25) is 4.79 Å². The minimum atomic E-state index is 0.710. The lowest BCUT2D eigenvalue weighted by Gasteiger charge is -1.71. The van der Waals surface area contributed by atoms with E-state index in [0.717, 1.165) is 6.26 Å². The summed E-state index contributed by atoms with van der Waals surface area (Å²) in [5.41, 5.74) is 0. The van der Waals surface area contributed by atoms with E-state index in [1.165, 1.54) is 12.2 Å². The van der Waals surface area contributed by atoms with Crippen LogP contribution in [0, 0.1) is 0 Å². The van der Waals surface area contributed by atoms with Gasteiger partial charge in [0, 0.05) is 0 Å². The smallest absolute Gasteiger partial charge is 0.142 e. The molecule has 0 bridgehead atoms. The van der Waals surface area contributed by atoms with Crippen molar-refractivity contribution in [2.45, 2.75) is 0 Å². The highest BCUT2D eigenvalue weighted by Crippen LogP contribution is 1.79. The van der Waals surface area contributed by atoms with Gasteiger partial charge < -0.3 is 5.11 Å². The summed E-state index contributed by atoms with van der Waals surface area (Å²) in [6.45, 7) is 0. The summed E-state index contributed by atoms with van der Waals surface area (Å²) in [4.78, 5) is 9.76. The van der Waals surface area contributed by atoms with E-state index in [-0.39, 0.29) is 0 Å². The summed E-state index contributed by atoms with van der Waals surface area (Å²) >= 11 is 0. The van der Waals surface area contributed by atoms with Gasteiger partial charge in [-0.2, -0.15) is 0 Å². The molecule has 0 heterocycles. The number of hydrogen-bond donors (Lipinski definition) is 1. The van der Waals surface area contributed by atoms with Crippen molar-refractivity contribution >= 4 is 6.29 Å². The Hall–Kier alpha value is -1.57. The topological polar surface area (TPSA) is 37.3 Å². The number of aliphatic hydroxyl groups is 1. The van der Waals surface area contributed by atoms with Gasteiger partial charge in [-0.25, -0.2) is 0 Å². The first-order chi connectivity index (χ1) is 5.41. The van der Waals surface area contributed by atoms with Gasteiger partial charge in [0.05, 0.1) is 6.26 Å². The lowest BCUT2D eigenvalue weighted by Crippen LogP contribution is -1.55. The molecule has 0 aliphatic heterocycles. The Bertz CT molecular complexity index is 198. The van der Waals surface area contributed by atoms with Crippen molar-refractivity contribution in [2.75, 3.05) is 0 Å². The minimum absolute atomic E-state index is 0.710. The maximum Gasteiger partial charge on any atom is 0.142 e. The van der Waals surface area contributed by atoms with Gasteiger partial charge in [0.1, 0.15) is 6.29 Å². The molecule has 0 spiro atoms. The largest absolute Gasteiger partial charge is 0.516 e. The van der Waals surface area contributed by atoms with Crippen molar-refractivity contribution in [3.05, 3.63) is 48.8 Å². The fraction of sp³-hybridized carbons (Fsp3) is 0. The number of aliphatic hydroxyl groups excluding tert-OH is 1. The summed E-state index contributed by atoms with van der Waals surface area (Å²) in [7, 11) is 0. The Balaban J connectivity index is 3.59. The predicted molar refractivity (Wildman–Crippen MR) is 45.3 cm³/mol. The maximum atomic E-state index is 9.76. The molecule has 0 aliphatic carbocycles. The van der Waals surface area contributed by atoms with E-state index < -0.39 is 0 Å². The molecule has 0 unspecified atom stereocenters. The van der Waals surface area contributed by atoms with Crippen molar-refractivity contribution < 1.29 is 9.90 Å². The monoisotopic (exact) mass is 150 g/mol. The highest BCUT2D eigenvalue weighted by atomic mass is 16.2. The molecule has 0 aromatic rings. The third kappa shape index (κ3) is 8.43. The van der Waals surface area contributed by atoms with Crippen LogP contribution in [-0.2, 0) is 4.79 Å². The third-order valence-corrected chi connectivity index (χ3v) is 0.831. The molecule has 0 aromatic carbocycles. The summed E-state index contributed by atoms with van der Waals surface area (Å²) < 4.78 is 0. The zero-order valence-electron chi connectivity index (χ0n) is 6.05. The first-order valence-corrected chi connectivity index (χ1v) is 3.16. The molecule has 1 N–H and O–H groups in total. The molecule has 0 rings (SSSR count). The lowest BCUT2D eigenvalue weighted by atomic mass is 10.4. The number of rotatable bonds is 4. The molecule has 0 fully saturated rings. The molecule has 0 atom stereocenters. The normalized spacial score (nSPS) is 12.7. The zero-order chi connectivity index (χ0) is 8.36. The molecular formula is C9H10O2. The molecule has 0 aliphatic rings.